The number of pyridine rings is 1. The molecule has 0 fully saturated rings. The van der Waals surface area contributed by atoms with Crippen molar-refractivity contribution in [1.82, 2.24) is 4.98 Å². The van der Waals surface area contributed by atoms with E-state index in [0.29, 0.717) is 11.5 Å². The van der Waals surface area contributed by atoms with E-state index in [2.05, 4.69) is 26.2 Å². The van der Waals surface area contributed by atoms with Gasteiger partial charge in [-0.1, -0.05) is 15.9 Å². The Bertz CT molecular complexity index is 416. The zero-order valence-corrected chi connectivity index (χ0v) is 11.5. The fourth-order valence-electron chi connectivity index (χ4n) is 1.10. The quantitative estimate of drug-likeness (QED) is 0.881. The lowest BCUT2D eigenvalue weighted by molar-refractivity contribution is 0.0635. The highest BCUT2D eigenvalue weighted by atomic mass is 79.9. The molecular weight excluding hydrogens is 288 g/mol. The van der Waals surface area contributed by atoms with E-state index in [1.165, 1.54) is 0 Å². The number of aromatic nitrogens is 1. The average molecular weight is 303 g/mol. The van der Waals surface area contributed by atoms with Gasteiger partial charge in [-0.3, -0.25) is 5.32 Å². The third kappa shape index (κ3) is 5.14. The van der Waals surface area contributed by atoms with Gasteiger partial charge >= 0.3 is 6.09 Å². The number of nitrogens with zero attached hydrogens (tertiary/aromatic N) is 1. The first-order chi connectivity index (χ1) is 7.80. The van der Waals surface area contributed by atoms with Crippen LogP contribution in [0.2, 0.25) is 0 Å². The number of nitrogens with one attached hydrogen (secondary N) is 1. The number of carbonyl (C=O) groups is 1. The van der Waals surface area contributed by atoms with Crippen LogP contribution in [0.5, 0.6) is 0 Å². The predicted molar refractivity (Wildman–Crippen MR) is 67.7 cm³/mol. The number of amides is 1. The van der Waals surface area contributed by atoms with Crippen molar-refractivity contribution in [2.24, 2.45) is 0 Å². The van der Waals surface area contributed by atoms with Crippen molar-refractivity contribution < 1.29 is 14.6 Å². The van der Waals surface area contributed by atoms with Crippen molar-refractivity contribution in [2.75, 3.05) is 5.32 Å². The molecule has 0 saturated heterocycles. The lowest BCUT2D eigenvalue weighted by Gasteiger charge is -2.19. The van der Waals surface area contributed by atoms with E-state index in [1.807, 2.05) is 0 Å². The highest BCUT2D eigenvalue weighted by Crippen LogP contribution is 2.17. The third-order valence-corrected chi connectivity index (χ3v) is 2.09. The van der Waals surface area contributed by atoms with Crippen LogP contribution in [0, 0.1) is 0 Å². The molecule has 0 aliphatic heterocycles. The maximum absolute atomic E-state index is 11.5. The number of anilines is 1. The van der Waals surface area contributed by atoms with Gasteiger partial charge in [0.05, 0.1) is 12.3 Å². The Labute approximate surface area is 108 Å². The molecule has 0 atom stereocenters. The van der Waals surface area contributed by atoms with Gasteiger partial charge in [0, 0.05) is 4.47 Å². The molecule has 0 aliphatic carbocycles. The summed E-state index contributed by atoms with van der Waals surface area (Å²) in [5, 5.41) is 11.5. The summed E-state index contributed by atoms with van der Waals surface area (Å²) in [6, 6.07) is 3.29. The number of carbonyl (C=O) groups excluding carboxylic acids is 1. The van der Waals surface area contributed by atoms with Crippen LogP contribution in [-0.2, 0) is 11.3 Å². The maximum atomic E-state index is 11.5. The Morgan fingerprint density at radius 2 is 2.18 bits per heavy atom. The van der Waals surface area contributed by atoms with Crippen LogP contribution in [0.25, 0.3) is 0 Å². The monoisotopic (exact) mass is 302 g/mol. The molecule has 17 heavy (non-hydrogen) atoms. The molecule has 5 nitrogen and oxygen atoms in total. The lowest BCUT2D eigenvalue weighted by Crippen LogP contribution is -2.27. The average Bonchev–Trinajstić information content (AvgIpc) is 2.13. The van der Waals surface area contributed by atoms with Crippen LogP contribution in [0.3, 0.4) is 0 Å². The van der Waals surface area contributed by atoms with E-state index < -0.39 is 11.7 Å². The maximum Gasteiger partial charge on any atom is 0.413 e. The Hall–Kier alpha value is -1.14. The van der Waals surface area contributed by atoms with Crippen LogP contribution in [0.4, 0.5) is 10.6 Å². The number of rotatable bonds is 2. The van der Waals surface area contributed by atoms with Gasteiger partial charge in [0.2, 0.25) is 0 Å². The summed E-state index contributed by atoms with van der Waals surface area (Å²) in [6.07, 6.45) is -0.577. The molecule has 0 aliphatic rings. The minimum absolute atomic E-state index is 0.192. The summed E-state index contributed by atoms with van der Waals surface area (Å²) >= 11 is 3.26. The minimum Gasteiger partial charge on any atom is -0.444 e. The lowest BCUT2D eigenvalue weighted by atomic mass is 10.2. The summed E-state index contributed by atoms with van der Waals surface area (Å²) in [6.45, 7) is 5.14. The fraction of sp³-hybridized carbons (Fsp3) is 0.455. The van der Waals surface area contributed by atoms with Gasteiger partial charge in [0.1, 0.15) is 11.4 Å². The van der Waals surface area contributed by atoms with E-state index in [4.69, 9.17) is 9.84 Å². The molecule has 1 aromatic heterocycles. The number of hydrogen-bond acceptors (Lipinski definition) is 4. The summed E-state index contributed by atoms with van der Waals surface area (Å²) < 4.78 is 5.81. The molecule has 1 heterocycles. The summed E-state index contributed by atoms with van der Waals surface area (Å²) in [7, 11) is 0. The van der Waals surface area contributed by atoms with Crippen LogP contribution in [0.1, 0.15) is 26.5 Å². The molecule has 1 amide bonds. The van der Waals surface area contributed by atoms with Crippen molar-refractivity contribution >= 4 is 27.8 Å². The molecule has 94 valence electrons. The van der Waals surface area contributed by atoms with Crippen molar-refractivity contribution in [3.63, 3.8) is 0 Å². The fourth-order valence-corrected chi connectivity index (χ4v) is 1.58. The first kappa shape index (κ1) is 13.9. The molecule has 6 heteroatoms. The number of aliphatic hydroxyl groups is 1. The van der Waals surface area contributed by atoms with E-state index in [9.17, 15) is 4.79 Å². The smallest absolute Gasteiger partial charge is 0.413 e. The zero-order valence-electron chi connectivity index (χ0n) is 9.95. The van der Waals surface area contributed by atoms with Crippen LogP contribution < -0.4 is 5.32 Å². The van der Waals surface area contributed by atoms with Crippen LogP contribution >= 0.6 is 15.9 Å². The van der Waals surface area contributed by atoms with Gasteiger partial charge in [-0.05, 0) is 32.9 Å². The Balaban J connectivity index is 2.74. The van der Waals surface area contributed by atoms with Crippen molar-refractivity contribution in [1.29, 1.82) is 0 Å². The zero-order chi connectivity index (χ0) is 13.1. The minimum atomic E-state index is -0.577. The second kappa shape index (κ2) is 5.46. The van der Waals surface area contributed by atoms with Crippen molar-refractivity contribution in [2.45, 2.75) is 33.0 Å². The van der Waals surface area contributed by atoms with Gasteiger partial charge in [-0.2, -0.15) is 0 Å². The molecule has 1 rings (SSSR count). The molecule has 0 bridgehead atoms. The summed E-state index contributed by atoms with van der Waals surface area (Å²) in [5.41, 5.74) is -0.0963. The van der Waals surface area contributed by atoms with Crippen molar-refractivity contribution in [3.05, 3.63) is 22.3 Å². The SMILES string of the molecule is CC(C)(C)OC(=O)Nc1cc(Br)cc(CO)n1. The van der Waals surface area contributed by atoms with Crippen LogP contribution in [-0.4, -0.2) is 21.8 Å². The standard InChI is InChI=1S/C11H15BrN2O3/c1-11(2,3)17-10(16)14-9-5-7(12)4-8(6-15)13-9/h4-5,15H,6H2,1-3H3,(H,13,14,16). The highest BCUT2D eigenvalue weighted by molar-refractivity contribution is 9.10. The first-order valence-electron chi connectivity index (χ1n) is 5.07. The van der Waals surface area contributed by atoms with E-state index in [-0.39, 0.29) is 6.61 Å². The van der Waals surface area contributed by atoms with Gasteiger partial charge in [0.15, 0.2) is 0 Å². The number of aliphatic hydroxyl groups excluding tert-OH is 1. The molecule has 2 N–H and O–H groups in total. The molecule has 0 unspecified atom stereocenters. The molecular formula is C11H15BrN2O3. The largest absolute Gasteiger partial charge is 0.444 e. The van der Waals surface area contributed by atoms with E-state index in [1.54, 1.807) is 32.9 Å². The molecule has 0 saturated carbocycles. The normalized spacial score (nSPS) is 11.1. The van der Waals surface area contributed by atoms with Gasteiger partial charge in [-0.25, -0.2) is 9.78 Å². The Morgan fingerprint density at radius 1 is 1.53 bits per heavy atom. The van der Waals surface area contributed by atoms with Crippen molar-refractivity contribution in [3.8, 4) is 0 Å². The first-order valence-corrected chi connectivity index (χ1v) is 5.87. The summed E-state index contributed by atoms with van der Waals surface area (Å²) in [5.74, 6) is 0.331. The molecule has 1 aromatic rings. The second-order valence-corrected chi connectivity index (χ2v) is 5.36. The number of halogens is 1. The Kier molecular flexibility index (Phi) is 4.47. The third-order valence-electron chi connectivity index (χ3n) is 1.63. The van der Waals surface area contributed by atoms with Gasteiger partial charge in [0.25, 0.3) is 0 Å². The summed E-state index contributed by atoms with van der Waals surface area (Å²) in [4.78, 5) is 15.5. The molecule has 0 spiro atoms. The number of ether oxygens (including phenoxy) is 1. The van der Waals surface area contributed by atoms with Gasteiger partial charge < -0.3 is 9.84 Å². The topological polar surface area (TPSA) is 71.5 Å². The van der Waals surface area contributed by atoms with Gasteiger partial charge in [-0.15, -0.1) is 0 Å². The predicted octanol–water partition coefficient (Wildman–Crippen LogP) is 2.68. The van der Waals surface area contributed by atoms with E-state index in [0.717, 1.165) is 4.47 Å². The Morgan fingerprint density at radius 3 is 2.71 bits per heavy atom. The number of hydrogen-bond donors (Lipinski definition) is 2. The molecule has 0 aromatic carbocycles. The highest BCUT2D eigenvalue weighted by Gasteiger charge is 2.16. The van der Waals surface area contributed by atoms with E-state index >= 15 is 0 Å². The molecule has 0 radical (unpaired) electrons. The second-order valence-electron chi connectivity index (χ2n) is 4.45. The van der Waals surface area contributed by atoms with Crippen LogP contribution in [0.15, 0.2) is 16.6 Å².